The lowest BCUT2D eigenvalue weighted by Gasteiger charge is -2.20. The summed E-state index contributed by atoms with van der Waals surface area (Å²) in [6.45, 7) is 7.55. The molecule has 0 heterocycles. The van der Waals surface area contributed by atoms with Crippen LogP contribution < -0.4 is 10.1 Å². The largest absolute Gasteiger partial charge is 0.494 e. The minimum absolute atomic E-state index is 0.184. The van der Waals surface area contributed by atoms with Gasteiger partial charge < -0.3 is 15.2 Å². The maximum absolute atomic E-state index is 12.0. The van der Waals surface area contributed by atoms with Gasteiger partial charge in [0, 0.05) is 5.92 Å². The topological polar surface area (TPSA) is 75.6 Å². The number of aliphatic carboxylic acids is 1. The minimum atomic E-state index is -0.966. The number of carboxylic acids is 1. The lowest BCUT2D eigenvalue weighted by molar-refractivity contribution is -0.146. The number of carbonyl (C=O) groups is 2. The van der Waals surface area contributed by atoms with Crippen LogP contribution in [0.5, 0.6) is 5.75 Å². The van der Waals surface area contributed by atoms with E-state index in [4.69, 9.17) is 9.84 Å². The summed E-state index contributed by atoms with van der Waals surface area (Å²) in [7, 11) is 0. The number of carboxylic acid groups (broad SMARTS) is 1. The molecule has 5 heteroatoms. The van der Waals surface area contributed by atoms with Gasteiger partial charge in [-0.25, -0.2) is 0 Å². The molecule has 1 rings (SSSR count). The summed E-state index contributed by atoms with van der Waals surface area (Å²) in [6, 6.07) is 7.30. The molecule has 0 spiro atoms. The first-order chi connectivity index (χ1) is 9.86. The smallest absolute Gasteiger partial charge is 0.307 e. The molecule has 3 unspecified atom stereocenters. The van der Waals surface area contributed by atoms with Crippen molar-refractivity contribution in [3.05, 3.63) is 29.8 Å². The third kappa shape index (κ3) is 4.77. The number of nitrogens with one attached hydrogen (secondary N) is 1. The number of hydrogen-bond acceptors (Lipinski definition) is 3. The fourth-order valence-corrected chi connectivity index (χ4v) is 1.89. The average molecular weight is 293 g/mol. The lowest BCUT2D eigenvalue weighted by Crippen LogP contribution is -2.36. The quantitative estimate of drug-likeness (QED) is 0.810. The van der Waals surface area contributed by atoms with Gasteiger partial charge >= 0.3 is 5.97 Å². The molecule has 0 fully saturated rings. The van der Waals surface area contributed by atoms with Crippen LogP contribution in [0.3, 0.4) is 0 Å². The molecule has 0 radical (unpaired) electrons. The predicted octanol–water partition coefficient (Wildman–Crippen LogP) is 2.62. The molecular formula is C16H23NO4. The summed E-state index contributed by atoms with van der Waals surface area (Å²) < 4.78 is 5.37. The third-order valence-electron chi connectivity index (χ3n) is 3.60. The fraction of sp³-hybridized carbons (Fsp3) is 0.500. The van der Waals surface area contributed by atoms with Crippen molar-refractivity contribution in [2.75, 3.05) is 6.61 Å². The van der Waals surface area contributed by atoms with Crippen molar-refractivity contribution in [2.45, 2.75) is 33.7 Å². The van der Waals surface area contributed by atoms with Gasteiger partial charge in [-0.1, -0.05) is 26.0 Å². The van der Waals surface area contributed by atoms with Crippen molar-refractivity contribution in [2.24, 2.45) is 11.8 Å². The molecule has 116 valence electrons. The molecule has 1 aromatic carbocycles. The summed E-state index contributed by atoms with van der Waals surface area (Å²) in [5.41, 5.74) is 0.946. The summed E-state index contributed by atoms with van der Waals surface area (Å²) in [6.07, 6.45) is 0. The van der Waals surface area contributed by atoms with E-state index in [1.807, 2.05) is 38.1 Å². The highest BCUT2D eigenvalue weighted by atomic mass is 16.5. The van der Waals surface area contributed by atoms with Crippen molar-refractivity contribution in [3.8, 4) is 5.75 Å². The average Bonchev–Trinajstić information content (AvgIpc) is 2.46. The van der Waals surface area contributed by atoms with Gasteiger partial charge in [0.1, 0.15) is 5.75 Å². The van der Waals surface area contributed by atoms with Crippen LogP contribution in [0.4, 0.5) is 0 Å². The predicted molar refractivity (Wildman–Crippen MR) is 80.1 cm³/mol. The van der Waals surface area contributed by atoms with Crippen LogP contribution in [-0.2, 0) is 9.59 Å². The van der Waals surface area contributed by atoms with Crippen LogP contribution in [-0.4, -0.2) is 23.6 Å². The summed E-state index contributed by atoms with van der Waals surface area (Å²) in [4.78, 5) is 22.9. The zero-order valence-corrected chi connectivity index (χ0v) is 12.9. The molecule has 1 aromatic rings. The number of amides is 1. The Kier molecular flexibility index (Phi) is 6.21. The van der Waals surface area contributed by atoms with E-state index in [1.165, 1.54) is 6.92 Å². The van der Waals surface area contributed by atoms with Gasteiger partial charge in [-0.2, -0.15) is 0 Å². The molecule has 0 aliphatic rings. The normalized spacial score (nSPS) is 14.9. The first-order valence-electron chi connectivity index (χ1n) is 7.12. The van der Waals surface area contributed by atoms with Crippen molar-refractivity contribution >= 4 is 11.9 Å². The highest BCUT2D eigenvalue weighted by molar-refractivity contribution is 5.84. The minimum Gasteiger partial charge on any atom is -0.494 e. The fourth-order valence-electron chi connectivity index (χ4n) is 1.89. The first-order valence-corrected chi connectivity index (χ1v) is 7.12. The van der Waals surface area contributed by atoms with Crippen molar-refractivity contribution in [3.63, 3.8) is 0 Å². The highest BCUT2D eigenvalue weighted by Crippen LogP contribution is 2.19. The van der Waals surface area contributed by atoms with Gasteiger partial charge in [0.2, 0.25) is 5.91 Å². The Bertz CT molecular complexity index is 484. The highest BCUT2D eigenvalue weighted by Gasteiger charge is 2.26. The number of ether oxygens (including phenoxy) is 1. The Morgan fingerprint density at radius 2 is 1.71 bits per heavy atom. The molecule has 2 N–H and O–H groups in total. The Labute approximate surface area is 125 Å². The summed E-state index contributed by atoms with van der Waals surface area (Å²) in [5, 5.41) is 11.8. The van der Waals surface area contributed by atoms with E-state index in [9.17, 15) is 9.59 Å². The van der Waals surface area contributed by atoms with Crippen LogP contribution >= 0.6 is 0 Å². The molecule has 0 aliphatic heterocycles. The van der Waals surface area contributed by atoms with Gasteiger partial charge in [0.05, 0.1) is 18.6 Å². The van der Waals surface area contributed by atoms with Gasteiger partial charge in [-0.05, 0) is 31.5 Å². The van der Waals surface area contributed by atoms with E-state index in [1.54, 1.807) is 6.92 Å². The Morgan fingerprint density at radius 1 is 1.14 bits per heavy atom. The van der Waals surface area contributed by atoms with Gasteiger partial charge in [0.15, 0.2) is 0 Å². The molecule has 5 nitrogen and oxygen atoms in total. The molecule has 1 amide bonds. The summed E-state index contributed by atoms with van der Waals surface area (Å²) in [5.74, 6) is -1.73. The third-order valence-corrected chi connectivity index (χ3v) is 3.60. The summed E-state index contributed by atoms with van der Waals surface area (Å²) >= 11 is 0. The molecule has 3 atom stereocenters. The van der Waals surface area contributed by atoms with E-state index in [2.05, 4.69) is 5.32 Å². The van der Waals surface area contributed by atoms with Gasteiger partial charge in [-0.15, -0.1) is 0 Å². The van der Waals surface area contributed by atoms with Crippen molar-refractivity contribution in [1.29, 1.82) is 0 Å². The van der Waals surface area contributed by atoms with Crippen molar-refractivity contribution in [1.82, 2.24) is 5.32 Å². The van der Waals surface area contributed by atoms with Crippen LogP contribution in [0.1, 0.15) is 39.3 Å². The van der Waals surface area contributed by atoms with Gasteiger partial charge in [0.25, 0.3) is 0 Å². The van der Waals surface area contributed by atoms with Crippen LogP contribution in [0, 0.1) is 11.8 Å². The second-order valence-corrected chi connectivity index (χ2v) is 5.15. The van der Waals surface area contributed by atoms with E-state index in [0.717, 1.165) is 11.3 Å². The maximum Gasteiger partial charge on any atom is 0.307 e. The molecule has 0 aromatic heterocycles. The molecule has 0 bridgehead atoms. The second-order valence-electron chi connectivity index (χ2n) is 5.15. The molecular weight excluding hydrogens is 270 g/mol. The SMILES string of the molecule is CCOc1ccc(C(C)NC(=O)C(C)C(C)C(=O)O)cc1. The molecule has 0 saturated heterocycles. The molecule has 0 aliphatic carbocycles. The second kappa shape index (κ2) is 7.67. The number of hydrogen-bond donors (Lipinski definition) is 2. The van der Waals surface area contributed by atoms with Crippen LogP contribution in [0.2, 0.25) is 0 Å². The van der Waals surface area contributed by atoms with Gasteiger partial charge in [-0.3, -0.25) is 9.59 Å². The maximum atomic E-state index is 12.0. The lowest BCUT2D eigenvalue weighted by atomic mass is 9.94. The Balaban J connectivity index is 2.65. The Hall–Kier alpha value is -2.04. The number of benzene rings is 1. The monoisotopic (exact) mass is 293 g/mol. The Morgan fingerprint density at radius 3 is 2.19 bits per heavy atom. The number of carbonyl (C=O) groups excluding carboxylic acids is 1. The van der Waals surface area contributed by atoms with Crippen molar-refractivity contribution < 1.29 is 19.4 Å². The van der Waals surface area contributed by atoms with E-state index < -0.39 is 17.8 Å². The number of rotatable bonds is 7. The molecule has 0 saturated carbocycles. The zero-order valence-electron chi connectivity index (χ0n) is 12.9. The van der Waals surface area contributed by atoms with E-state index >= 15 is 0 Å². The van der Waals surface area contributed by atoms with Crippen LogP contribution in [0.15, 0.2) is 24.3 Å². The first kappa shape index (κ1) is 17.0. The van der Waals surface area contributed by atoms with E-state index in [0.29, 0.717) is 6.61 Å². The van der Waals surface area contributed by atoms with E-state index in [-0.39, 0.29) is 11.9 Å². The van der Waals surface area contributed by atoms with Crippen LogP contribution in [0.25, 0.3) is 0 Å². The molecule has 21 heavy (non-hydrogen) atoms. The standard InChI is InChI=1S/C16H23NO4/c1-5-21-14-8-6-13(7-9-14)12(4)17-15(18)10(2)11(3)16(19)20/h6-12H,5H2,1-4H3,(H,17,18)(H,19,20). The zero-order chi connectivity index (χ0) is 16.0.